The number of imidazole rings is 1. The maximum absolute atomic E-state index is 13.1. The van der Waals surface area contributed by atoms with Crippen LogP contribution in [0.4, 0.5) is 0 Å². The second-order valence-electron chi connectivity index (χ2n) is 8.05. The van der Waals surface area contributed by atoms with Crippen molar-refractivity contribution in [2.24, 2.45) is 0 Å². The average molecular weight is 463 g/mol. The van der Waals surface area contributed by atoms with Crippen LogP contribution < -0.4 is 15.5 Å². The van der Waals surface area contributed by atoms with Gasteiger partial charge >= 0.3 is 0 Å². The average Bonchev–Trinajstić information content (AvgIpc) is 3.25. The number of rotatable bonds is 7. The number of nitrogens with zero attached hydrogens (tertiary/aromatic N) is 1. The summed E-state index contributed by atoms with van der Waals surface area (Å²) in [7, 11) is 1.40. The Balaban J connectivity index is 1.65. The number of carbonyl (C=O) groups excluding carboxylic acids is 1. The molecule has 0 radical (unpaired) electrons. The summed E-state index contributed by atoms with van der Waals surface area (Å²) < 4.78 is 10.9. The van der Waals surface area contributed by atoms with E-state index in [-0.39, 0.29) is 29.6 Å². The molecule has 0 aliphatic rings. The van der Waals surface area contributed by atoms with Gasteiger partial charge in [0.2, 0.25) is 17.1 Å². The predicted molar refractivity (Wildman–Crippen MR) is 125 cm³/mol. The lowest BCUT2D eigenvalue weighted by Gasteiger charge is -2.20. The first-order chi connectivity index (χ1) is 16.3. The molecule has 1 amide bonds. The number of carbonyl (C=O) groups is 1. The van der Waals surface area contributed by atoms with Crippen LogP contribution in [0.15, 0.2) is 57.7 Å². The second kappa shape index (κ2) is 9.30. The highest BCUT2D eigenvalue weighted by Crippen LogP contribution is 2.37. The van der Waals surface area contributed by atoms with Crippen LogP contribution in [0.2, 0.25) is 0 Å². The number of aromatic amines is 1. The molecule has 4 rings (SSSR count). The molecule has 0 fully saturated rings. The molecule has 9 nitrogen and oxygen atoms in total. The van der Waals surface area contributed by atoms with Gasteiger partial charge in [-0.3, -0.25) is 9.59 Å². The maximum Gasteiger partial charge on any atom is 0.227 e. The van der Waals surface area contributed by atoms with Gasteiger partial charge in [0.05, 0.1) is 30.1 Å². The smallest absolute Gasteiger partial charge is 0.227 e. The number of fused-ring (bicyclic) bond motifs is 1. The quantitative estimate of drug-likeness (QED) is 0.328. The lowest BCUT2D eigenvalue weighted by atomic mass is 9.91. The van der Waals surface area contributed by atoms with Gasteiger partial charge in [-0.2, -0.15) is 0 Å². The van der Waals surface area contributed by atoms with Crippen molar-refractivity contribution in [1.82, 2.24) is 15.3 Å². The van der Waals surface area contributed by atoms with Crippen LogP contribution in [-0.4, -0.2) is 33.2 Å². The van der Waals surface area contributed by atoms with E-state index in [4.69, 9.17) is 9.15 Å². The number of aromatic nitrogens is 2. The van der Waals surface area contributed by atoms with Crippen molar-refractivity contribution in [2.45, 2.75) is 32.2 Å². The molecule has 0 spiro atoms. The van der Waals surface area contributed by atoms with Crippen LogP contribution in [0.5, 0.6) is 17.2 Å². The van der Waals surface area contributed by atoms with Crippen LogP contribution >= 0.6 is 0 Å². The topological polar surface area (TPSA) is 138 Å². The highest BCUT2D eigenvalue weighted by atomic mass is 16.5. The highest BCUT2D eigenvalue weighted by molar-refractivity contribution is 5.79. The Hall–Kier alpha value is -4.27. The zero-order chi connectivity index (χ0) is 24.4. The van der Waals surface area contributed by atoms with Crippen LogP contribution in [0.1, 0.15) is 48.2 Å². The molecular formula is C25H25N3O6. The number of methoxy groups -OCH3 is 1. The number of amides is 1. The van der Waals surface area contributed by atoms with E-state index in [0.29, 0.717) is 17.1 Å². The Morgan fingerprint density at radius 1 is 1.21 bits per heavy atom. The number of hydrogen-bond donors (Lipinski definition) is 4. The SMILES string of the molecule is COc1cc([C@H](CC(=O)N[C@@H](C)c2nc3ccccc3[nH]2)c2oc(C)cc(=O)c2O)ccc1O. The molecule has 2 aromatic carbocycles. The van der Waals surface area contributed by atoms with Gasteiger partial charge in [0, 0.05) is 12.5 Å². The molecule has 2 heterocycles. The van der Waals surface area contributed by atoms with Crippen LogP contribution in [0.3, 0.4) is 0 Å². The van der Waals surface area contributed by atoms with E-state index in [1.54, 1.807) is 19.9 Å². The van der Waals surface area contributed by atoms with E-state index in [1.807, 2.05) is 24.3 Å². The Labute approximate surface area is 195 Å². The lowest BCUT2D eigenvalue weighted by Crippen LogP contribution is -2.29. The molecule has 2 atom stereocenters. The number of para-hydroxylation sites is 2. The van der Waals surface area contributed by atoms with E-state index in [2.05, 4.69) is 15.3 Å². The normalized spacial score (nSPS) is 12.9. The zero-order valence-electron chi connectivity index (χ0n) is 19.0. The van der Waals surface area contributed by atoms with Crippen molar-refractivity contribution in [3.8, 4) is 17.2 Å². The third-order valence-corrected chi connectivity index (χ3v) is 5.58. The fraction of sp³-hybridized carbons (Fsp3) is 0.240. The Morgan fingerprint density at radius 2 is 1.97 bits per heavy atom. The molecule has 0 bridgehead atoms. The number of hydrogen-bond acceptors (Lipinski definition) is 7. The van der Waals surface area contributed by atoms with Crippen molar-refractivity contribution in [2.75, 3.05) is 7.11 Å². The van der Waals surface area contributed by atoms with Crippen molar-refractivity contribution in [3.63, 3.8) is 0 Å². The molecule has 0 unspecified atom stereocenters. The number of nitrogens with one attached hydrogen (secondary N) is 2. The van der Waals surface area contributed by atoms with Gasteiger partial charge in [-0.05, 0) is 43.7 Å². The van der Waals surface area contributed by atoms with Gasteiger partial charge in [-0.25, -0.2) is 4.98 Å². The third-order valence-electron chi connectivity index (χ3n) is 5.58. The van der Waals surface area contributed by atoms with E-state index in [0.717, 1.165) is 11.0 Å². The molecular weight excluding hydrogens is 438 g/mol. The van der Waals surface area contributed by atoms with Crippen molar-refractivity contribution in [1.29, 1.82) is 0 Å². The summed E-state index contributed by atoms with van der Waals surface area (Å²) in [4.78, 5) is 33.0. The second-order valence-corrected chi connectivity index (χ2v) is 8.05. The first-order valence-electron chi connectivity index (χ1n) is 10.7. The minimum absolute atomic E-state index is 0.0377. The predicted octanol–water partition coefficient (Wildman–Crippen LogP) is 3.64. The van der Waals surface area contributed by atoms with Gasteiger partial charge < -0.3 is 29.7 Å². The number of phenols is 1. The summed E-state index contributed by atoms with van der Waals surface area (Å²) in [6, 6.07) is 12.8. The molecule has 0 aliphatic carbocycles. The molecule has 34 heavy (non-hydrogen) atoms. The standard InChI is InChI=1S/C25H25N3O6/c1-13-10-20(30)23(32)24(34-13)16(15-8-9-19(29)21(11-15)33-3)12-22(31)26-14(2)25-27-17-6-4-5-7-18(17)28-25/h4-11,14,16,29,32H,12H2,1-3H3,(H,26,31)(H,27,28)/t14-,16-/m0/s1. The summed E-state index contributed by atoms with van der Waals surface area (Å²) in [6.45, 7) is 3.39. The Morgan fingerprint density at radius 3 is 2.71 bits per heavy atom. The number of H-pyrrole nitrogens is 1. The fourth-order valence-corrected chi connectivity index (χ4v) is 3.87. The van der Waals surface area contributed by atoms with Crippen molar-refractivity contribution < 1.29 is 24.2 Å². The van der Waals surface area contributed by atoms with E-state index in [9.17, 15) is 19.8 Å². The summed E-state index contributed by atoms with van der Waals surface area (Å²) in [5.74, 6) is -0.772. The molecule has 2 aromatic heterocycles. The number of phenolic OH excluding ortho intramolecular Hbond substituents is 1. The van der Waals surface area contributed by atoms with Gasteiger partial charge in [0.1, 0.15) is 11.6 Å². The fourth-order valence-electron chi connectivity index (χ4n) is 3.87. The Bertz CT molecular complexity index is 1370. The molecule has 9 heteroatoms. The number of benzene rings is 2. The summed E-state index contributed by atoms with van der Waals surface area (Å²) >= 11 is 0. The van der Waals surface area contributed by atoms with Gasteiger partial charge in [-0.1, -0.05) is 18.2 Å². The molecule has 4 aromatic rings. The molecule has 0 aliphatic heterocycles. The molecule has 0 saturated heterocycles. The molecule has 0 saturated carbocycles. The summed E-state index contributed by atoms with van der Waals surface area (Å²) in [6.07, 6.45) is -0.140. The van der Waals surface area contributed by atoms with E-state index < -0.39 is 23.1 Å². The summed E-state index contributed by atoms with van der Waals surface area (Å²) in [5, 5.41) is 23.3. The minimum atomic E-state index is -0.815. The number of aryl methyl sites for hydroxylation is 1. The van der Waals surface area contributed by atoms with E-state index >= 15 is 0 Å². The van der Waals surface area contributed by atoms with Gasteiger partial charge in [0.25, 0.3) is 0 Å². The number of aromatic hydroxyl groups is 2. The zero-order valence-corrected chi connectivity index (χ0v) is 19.0. The van der Waals surface area contributed by atoms with Crippen molar-refractivity contribution in [3.05, 3.63) is 81.7 Å². The summed E-state index contributed by atoms with van der Waals surface area (Å²) in [5.41, 5.74) is 1.56. The largest absolute Gasteiger partial charge is 0.504 e. The lowest BCUT2D eigenvalue weighted by molar-refractivity contribution is -0.122. The first kappa shape index (κ1) is 22.9. The van der Waals surface area contributed by atoms with Gasteiger partial charge in [-0.15, -0.1) is 0 Å². The van der Waals surface area contributed by atoms with E-state index in [1.165, 1.54) is 25.3 Å². The minimum Gasteiger partial charge on any atom is -0.504 e. The monoisotopic (exact) mass is 463 g/mol. The Kier molecular flexibility index (Phi) is 6.27. The van der Waals surface area contributed by atoms with Gasteiger partial charge in [0.15, 0.2) is 17.3 Å². The molecule has 176 valence electrons. The number of ether oxygens (including phenoxy) is 1. The molecule has 4 N–H and O–H groups in total. The third kappa shape index (κ3) is 4.59. The van der Waals surface area contributed by atoms with Crippen LogP contribution in [0, 0.1) is 6.92 Å². The van der Waals surface area contributed by atoms with Crippen LogP contribution in [-0.2, 0) is 4.79 Å². The highest BCUT2D eigenvalue weighted by Gasteiger charge is 2.27. The maximum atomic E-state index is 13.1. The van der Waals surface area contributed by atoms with Crippen molar-refractivity contribution >= 4 is 16.9 Å². The van der Waals surface area contributed by atoms with Crippen LogP contribution in [0.25, 0.3) is 11.0 Å². The first-order valence-corrected chi connectivity index (χ1v) is 10.7.